The van der Waals surface area contributed by atoms with Crippen LogP contribution in [0.1, 0.15) is 29.2 Å². The minimum atomic E-state index is -0.308. The lowest BCUT2D eigenvalue weighted by molar-refractivity contribution is 0.299. The number of rotatable bonds is 3. The first kappa shape index (κ1) is 13.4. The van der Waals surface area contributed by atoms with E-state index in [1.165, 1.54) is 23.3 Å². The van der Waals surface area contributed by atoms with Crippen LogP contribution in [0.3, 0.4) is 0 Å². The Balaban J connectivity index is 1.74. The molecule has 20 heavy (non-hydrogen) atoms. The normalized spacial score (nSPS) is 17.1. The van der Waals surface area contributed by atoms with Crippen LogP contribution in [0.5, 0.6) is 5.75 Å². The van der Waals surface area contributed by atoms with Gasteiger partial charge in [0.2, 0.25) is 0 Å². The van der Waals surface area contributed by atoms with Gasteiger partial charge in [-0.15, -0.1) is 0 Å². The van der Waals surface area contributed by atoms with Crippen molar-refractivity contribution in [2.75, 3.05) is 0 Å². The van der Waals surface area contributed by atoms with E-state index in [0.29, 0.717) is 10.6 Å². The molecule has 4 heteroatoms. The van der Waals surface area contributed by atoms with Gasteiger partial charge in [-0.1, -0.05) is 17.7 Å². The molecule has 1 aliphatic rings. The summed E-state index contributed by atoms with van der Waals surface area (Å²) in [6, 6.07) is 10.5. The molecule has 0 aromatic heterocycles. The molecule has 0 bridgehead atoms. The van der Waals surface area contributed by atoms with Crippen molar-refractivity contribution in [1.82, 2.24) is 0 Å². The summed E-state index contributed by atoms with van der Waals surface area (Å²) in [5.74, 6) is 0.426. The minimum Gasteiger partial charge on any atom is -0.489 e. The van der Waals surface area contributed by atoms with Gasteiger partial charge in [0.25, 0.3) is 0 Å². The van der Waals surface area contributed by atoms with Gasteiger partial charge in [-0.05, 0) is 54.3 Å². The van der Waals surface area contributed by atoms with Gasteiger partial charge in [0.05, 0.1) is 0 Å². The zero-order valence-electron chi connectivity index (χ0n) is 10.9. The highest BCUT2D eigenvalue weighted by Crippen LogP contribution is 2.32. The van der Waals surface area contributed by atoms with Crippen molar-refractivity contribution in [1.29, 1.82) is 0 Å². The number of hydrogen-bond acceptors (Lipinski definition) is 2. The predicted molar refractivity (Wildman–Crippen MR) is 77.4 cm³/mol. The molecule has 0 saturated carbocycles. The molecular weight excluding hydrogens is 277 g/mol. The fourth-order valence-electron chi connectivity index (χ4n) is 2.53. The van der Waals surface area contributed by atoms with Crippen LogP contribution >= 0.6 is 11.6 Å². The van der Waals surface area contributed by atoms with Crippen LogP contribution in [-0.4, -0.2) is 0 Å². The molecule has 0 spiro atoms. The molecular formula is C16H15ClFNO. The van der Waals surface area contributed by atoms with Crippen molar-refractivity contribution in [2.24, 2.45) is 5.73 Å². The van der Waals surface area contributed by atoms with Crippen LogP contribution in [0.2, 0.25) is 5.02 Å². The van der Waals surface area contributed by atoms with Crippen LogP contribution in [0.15, 0.2) is 36.4 Å². The Bertz CT molecular complexity index is 644. The van der Waals surface area contributed by atoms with E-state index in [1.54, 1.807) is 6.07 Å². The molecule has 0 fully saturated rings. The first-order valence-corrected chi connectivity index (χ1v) is 6.96. The Morgan fingerprint density at radius 3 is 2.95 bits per heavy atom. The smallest absolute Gasteiger partial charge is 0.129 e. The number of benzene rings is 2. The highest BCUT2D eigenvalue weighted by atomic mass is 35.5. The second-order valence-corrected chi connectivity index (χ2v) is 5.47. The second kappa shape index (κ2) is 5.43. The first-order valence-electron chi connectivity index (χ1n) is 6.58. The summed E-state index contributed by atoms with van der Waals surface area (Å²) in [5, 5.41) is 0.505. The molecule has 0 aliphatic heterocycles. The Kier molecular flexibility index (Phi) is 3.64. The molecule has 2 aromatic rings. The van der Waals surface area contributed by atoms with E-state index in [0.717, 1.165) is 18.6 Å². The van der Waals surface area contributed by atoms with Gasteiger partial charge in [-0.25, -0.2) is 4.39 Å². The van der Waals surface area contributed by atoms with E-state index >= 15 is 0 Å². The standard InChI is InChI=1S/C16H15ClFNO/c17-12-2-5-15(18)11(7-12)9-20-13-3-4-14-10(8-13)1-6-16(14)19/h2-5,7-8,16H,1,6,9,19H2/t16-/m1/s1. The summed E-state index contributed by atoms with van der Waals surface area (Å²) in [7, 11) is 0. The van der Waals surface area contributed by atoms with Crippen molar-refractivity contribution in [3.63, 3.8) is 0 Å². The highest BCUT2D eigenvalue weighted by Gasteiger charge is 2.19. The quantitative estimate of drug-likeness (QED) is 0.927. The third-order valence-corrected chi connectivity index (χ3v) is 3.88. The fourth-order valence-corrected chi connectivity index (χ4v) is 2.73. The van der Waals surface area contributed by atoms with Gasteiger partial charge >= 0.3 is 0 Å². The molecule has 104 valence electrons. The summed E-state index contributed by atoms with van der Waals surface area (Å²) < 4.78 is 19.2. The third-order valence-electron chi connectivity index (χ3n) is 3.64. The van der Waals surface area contributed by atoms with Gasteiger partial charge in [-0.2, -0.15) is 0 Å². The molecule has 0 unspecified atom stereocenters. The van der Waals surface area contributed by atoms with Crippen LogP contribution < -0.4 is 10.5 Å². The number of nitrogens with two attached hydrogens (primary N) is 1. The zero-order valence-corrected chi connectivity index (χ0v) is 11.7. The maximum atomic E-state index is 13.6. The lowest BCUT2D eigenvalue weighted by Gasteiger charge is -2.10. The molecule has 3 rings (SSSR count). The average molecular weight is 292 g/mol. The minimum absolute atomic E-state index is 0.129. The Labute approximate surface area is 122 Å². The molecule has 2 N–H and O–H groups in total. The maximum absolute atomic E-state index is 13.6. The summed E-state index contributed by atoms with van der Waals surface area (Å²) in [4.78, 5) is 0. The summed E-state index contributed by atoms with van der Waals surface area (Å²) in [6.07, 6.45) is 1.95. The van der Waals surface area contributed by atoms with Crippen molar-refractivity contribution in [3.8, 4) is 5.75 Å². The zero-order chi connectivity index (χ0) is 14.1. The number of ether oxygens (including phenoxy) is 1. The SMILES string of the molecule is N[C@@H]1CCc2cc(OCc3cc(Cl)ccc3F)ccc21. The predicted octanol–water partition coefficient (Wildman–Crippen LogP) is 4.00. The maximum Gasteiger partial charge on any atom is 0.129 e. The van der Waals surface area contributed by atoms with E-state index in [9.17, 15) is 4.39 Å². The van der Waals surface area contributed by atoms with Gasteiger partial charge < -0.3 is 10.5 Å². The molecule has 2 nitrogen and oxygen atoms in total. The summed E-state index contributed by atoms with van der Waals surface area (Å²) >= 11 is 5.86. The highest BCUT2D eigenvalue weighted by molar-refractivity contribution is 6.30. The van der Waals surface area contributed by atoms with Gasteiger partial charge in [0.1, 0.15) is 18.2 Å². The van der Waals surface area contributed by atoms with E-state index < -0.39 is 0 Å². The Hall–Kier alpha value is -1.58. The van der Waals surface area contributed by atoms with Crippen LogP contribution in [-0.2, 0) is 13.0 Å². The lowest BCUT2D eigenvalue weighted by atomic mass is 10.1. The first-order chi connectivity index (χ1) is 9.63. The van der Waals surface area contributed by atoms with Gasteiger partial charge in [0, 0.05) is 16.6 Å². The van der Waals surface area contributed by atoms with Crippen LogP contribution in [0.25, 0.3) is 0 Å². The summed E-state index contributed by atoms with van der Waals surface area (Å²) in [5.41, 5.74) is 8.86. The van der Waals surface area contributed by atoms with E-state index in [-0.39, 0.29) is 18.5 Å². The van der Waals surface area contributed by atoms with Crippen molar-refractivity contribution >= 4 is 11.6 Å². The topological polar surface area (TPSA) is 35.2 Å². The fraction of sp³-hybridized carbons (Fsp3) is 0.250. The molecule has 0 saturated heterocycles. The molecule has 1 aliphatic carbocycles. The van der Waals surface area contributed by atoms with Crippen molar-refractivity contribution in [3.05, 3.63) is 63.9 Å². The van der Waals surface area contributed by atoms with Gasteiger partial charge in [0.15, 0.2) is 0 Å². The third kappa shape index (κ3) is 2.65. The molecule has 0 radical (unpaired) electrons. The number of aryl methyl sites for hydroxylation is 1. The van der Waals surface area contributed by atoms with Crippen LogP contribution in [0, 0.1) is 5.82 Å². The average Bonchev–Trinajstić information content (AvgIpc) is 2.81. The lowest BCUT2D eigenvalue weighted by Crippen LogP contribution is -2.05. The van der Waals surface area contributed by atoms with E-state index in [1.807, 2.05) is 18.2 Å². The van der Waals surface area contributed by atoms with E-state index in [4.69, 9.17) is 22.1 Å². The monoisotopic (exact) mass is 291 g/mol. The largest absolute Gasteiger partial charge is 0.489 e. The van der Waals surface area contributed by atoms with E-state index in [2.05, 4.69) is 0 Å². The number of hydrogen-bond donors (Lipinski definition) is 1. The molecule has 2 aromatic carbocycles. The molecule has 0 amide bonds. The Morgan fingerprint density at radius 1 is 1.25 bits per heavy atom. The second-order valence-electron chi connectivity index (χ2n) is 5.03. The van der Waals surface area contributed by atoms with Gasteiger partial charge in [-0.3, -0.25) is 0 Å². The number of halogens is 2. The van der Waals surface area contributed by atoms with Crippen LogP contribution in [0.4, 0.5) is 4.39 Å². The molecule has 0 heterocycles. The summed E-state index contributed by atoms with van der Waals surface area (Å²) in [6.45, 7) is 0.164. The van der Waals surface area contributed by atoms with Crippen molar-refractivity contribution in [2.45, 2.75) is 25.5 Å². The Morgan fingerprint density at radius 2 is 2.10 bits per heavy atom. The van der Waals surface area contributed by atoms with Crippen molar-refractivity contribution < 1.29 is 9.13 Å². The molecule has 1 atom stereocenters. The number of fused-ring (bicyclic) bond motifs is 1.